The van der Waals surface area contributed by atoms with Crippen LogP contribution >= 0.6 is 0 Å². The molecule has 18 heteroatoms. The Morgan fingerprint density at radius 3 is 0.444 bits per heavy atom. The molecule has 0 amide bonds. The molecule has 0 N–H and O–H groups in total. The summed E-state index contributed by atoms with van der Waals surface area (Å²) in [4.78, 5) is 33.0. The van der Waals surface area contributed by atoms with Crippen molar-refractivity contribution in [2.75, 3.05) is 0 Å². The first kappa shape index (κ1) is 36.0. The van der Waals surface area contributed by atoms with Crippen molar-refractivity contribution in [2.24, 2.45) is 0 Å². The van der Waals surface area contributed by atoms with Crippen LogP contribution < -0.4 is 0 Å². The van der Waals surface area contributed by atoms with Crippen molar-refractivity contribution in [3.8, 4) is 0 Å². The van der Waals surface area contributed by atoms with E-state index in [0.29, 0.717) is 0 Å². The smallest absolute Gasteiger partial charge is 0.356 e. The maximum atomic E-state index is 8.25. The third-order valence-electron chi connectivity index (χ3n) is 0. The molecule has 0 aromatic rings. The van der Waals surface area contributed by atoms with E-state index < -0.39 is 20.3 Å². The zero-order valence-corrected chi connectivity index (χ0v) is 13.2. The van der Waals surface area contributed by atoms with Gasteiger partial charge in [0, 0.05) is 0 Å². The summed E-state index contributed by atoms with van der Waals surface area (Å²) in [6.07, 6.45) is 0. The fraction of sp³-hybridized carbons (Fsp3) is 0. The topological polar surface area (TPSA) is 265 Å². The first-order valence-electron chi connectivity index (χ1n) is 2.19. The van der Waals surface area contributed by atoms with Crippen LogP contribution in [0.1, 0.15) is 0 Å². The molecule has 0 aliphatic carbocycles. The molecular formula is MgN4O12Pb. The van der Waals surface area contributed by atoms with Gasteiger partial charge in [-0.3, -0.25) is 0 Å². The van der Waals surface area contributed by atoms with Gasteiger partial charge in [0.1, 0.15) is 0 Å². The molecule has 98 valence electrons. The van der Waals surface area contributed by atoms with Gasteiger partial charge in [0.05, 0.1) is 20.3 Å². The molecular weight excluding hydrogens is 480 g/mol. The van der Waals surface area contributed by atoms with Crippen LogP contribution in [0, 0.1) is 61.3 Å². The Morgan fingerprint density at radius 2 is 0.444 bits per heavy atom. The van der Waals surface area contributed by atoms with Crippen molar-refractivity contribution in [1.82, 2.24) is 0 Å². The van der Waals surface area contributed by atoms with Crippen LogP contribution in [0.3, 0.4) is 0 Å². The molecule has 0 saturated heterocycles. The molecule has 0 aromatic heterocycles. The van der Waals surface area contributed by atoms with Gasteiger partial charge in [-0.1, -0.05) is 0 Å². The van der Waals surface area contributed by atoms with Crippen LogP contribution in [-0.4, -0.2) is 70.7 Å². The molecule has 0 atom stereocenters. The van der Waals surface area contributed by atoms with E-state index in [0.717, 1.165) is 0 Å². The van der Waals surface area contributed by atoms with Gasteiger partial charge >= 0.3 is 50.4 Å². The van der Waals surface area contributed by atoms with Gasteiger partial charge in [-0.25, -0.2) is 0 Å². The summed E-state index contributed by atoms with van der Waals surface area (Å²) in [6.45, 7) is 0. The Kier molecular flexibility index (Phi) is 59.0. The summed E-state index contributed by atoms with van der Waals surface area (Å²) in [7, 11) is 0. The van der Waals surface area contributed by atoms with Crippen molar-refractivity contribution >= 4 is 50.4 Å². The third-order valence-corrected chi connectivity index (χ3v) is 0. The minimum absolute atomic E-state index is 0. The Bertz CT molecular complexity index is 164. The van der Waals surface area contributed by atoms with Crippen molar-refractivity contribution in [3.63, 3.8) is 0 Å². The zero-order chi connectivity index (χ0) is 14.3. The summed E-state index contributed by atoms with van der Waals surface area (Å²) in [5, 5.41) is 59.0. The second kappa shape index (κ2) is 29.6. The van der Waals surface area contributed by atoms with Gasteiger partial charge in [-0.05, 0) is 0 Å². The van der Waals surface area contributed by atoms with Gasteiger partial charge in [-0.15, -0.1) is 0 Å². The first-order chi connectivity index (χ1) is 6.93. The monoisotopic (exact) mass is 480 g/mol. The van der Waals surface area contributed by atoms with Crippen molar-refractivity contribution in [3.05, 3.63) is 61.3 Å². The molecule has 0 aliphatic rings. The molecule has 0 bridgehead atoms. The van der Waals surface area contributed by atoms with Crippen molar-refractivity contribution in [2.45, 2.75) is 0 Å². The predicted octanol–water partition coefficient (Wildman–Crippen LogP) is -1.72. The molecule has 0 fully saturated rings. The molecule has 2 radical (unpaired) electrons. The minimum Gasteiger partial charge on any atom is -0.356 e. The summed E-state index contributed by atoms with van der Waals surface area (Å²) in [5.41, 5.74) is 0. The third kappa shape index (κ3) is 1150. The largest absolute Gasteiger partial charge is 2.00 e. The van der Waals surface area contributed by atoms with Crippen LogP contribution in [0.4, 0.5) is 0 Å². The zero-order valence-electron chi connectivity index (χ0n) is 7.89. The molecule has 0 spiro atoms. The second-order valence-corrected chi connectivity index (χ2v) is 0.894. The Balaban J connectivity index is -0.0000000257. The van der Waals surface area contributed by atoms with Crippen molar-refractivity contribution in [1.29, 1.82) is 0 Å². The number of hydrogen-bond donors (Lipinski definition) is 0. The summed E-state index contributed by atoms with van der Waals surface area (Å²) < 4.78 is 0. The summed E-state index contributed by atoms with van der Waals surface area (Å²) in [6, 6.07) is 0. The fourth-order valence-electron chi connectivity index (χ4n) is 0. The van der Waals surface area contributed by atoms with Crippen LogP contribution in [0.5, 0.6) is 0 Å². The molecule has 16 nitrogen and oxygen atoms in total. The van der Waals surface area contributed by atoms with E-state index in [-0.39, 0.29) is 50.4 Å². The summed E-state index contributed by atoms with van der Waals surface area (Å²) >= 11 is 0. The fourth-order valence-corrected chi connectivity index (χ4v) is 0. The number of nitrogens with zero attached hydrogens (tertiary/aromatic N) is 4. The quantitative estimate of drug-likeness (QED) is 0.213. The number of hydrogen-bond acceptors (Lipinski definition) is 12. The molecule has 0 saturated carbocycles. The molecule has 0 aliphatic heterocycles. The van der Waals surface area contributed by atoms with Crippen LogP contribution in [-0.2, 0) is 0 Å². The van der Waals surface area contributed by atoms with E-state index in [9.17, 15) is 0 Å². The van der Waals surface area contributed by atoms with Gasteiger partial charge in [0.2, 0.25) is 0 Å². The average molecular weight is 480 g/mol. The van der Waals surface area contributed by atoms with Gasteiger partial charge in [0.25, 0.3) is 0 Å². The van der Waals surface area contributed by atoms with E-state index in [1.54, 1.807) is 0 Å². The van der Waals surface area contributed by atoms with Crippen molar-refractivity contribution < 1.29 is 20.3 Å². The van der Waals surface area contributed by atoms with Crippen LogP contribution in [0.25, 0.3) is 0 Å². The normalized spacial score (nSPS) is 5.33. The predicted molar refractivity (Wildman–Crippen MR) is 53.0 cm³/mol. The van der Waals surface area contributed by atoms with E-state index in [1.165, 1.54) is 0 Å². The van der Waals surface area contributed by atoms with E-state index in [1.807, 2.05) is 0 Å². The van der Waals surface area contributed by atoms with Crippen LogP contribution in [0.2, 0.25) is 0 Å². The second-order valence-electron chi connectivity index (χ2n) is 0.894. The average Bonchev–Trinajstić information content (AvgIpc) is 1.76. The van der Waals surface area contributed by atoms with E-state index in [4.69, 9.17) is 61.3 Å². The Hall–Kier alpha value is -1.51. The maximum absolute atomic E-state index is 8.25. The first-order valence-corrected chi connectivity index (χ1v) is 2.19. The minimum atomic E-state index is -1.75. The number of rotatable bonds is 0. The maximum Gasteiger partial charge on any atom is 2.00 e. The van der Waals surface area contributed by atoms with E-state index in [2.05, 4.69) is 0 Å². The molecule has 0 heterocycles. The van der Waals surface area contributed by atoms with Gasteiger partial charge in [0.15, 0.2) is 0 Å². The molecule has 0 aromatic carbocycles. The SMILES string of the molecule is O=[N+]([O-])[O-].O=[N+]([O-])[O-].O=[N+]([O-])[O-].O=[N+]([O-])[O-].[Mg+2].[Pb+2]. The molecule has 18 heavy (non-hydrogen) atoms. The van der Waals surface area contributed by atoms with Gasteiger partial charge < -0.3 is 61.3 Å². The molecule has 0 unspecified atom stereocenters. The standard InChI is InChI=1S/Mg.4NO3.Pb/c;4*2-1(3)4;/q+2;4*-1;+2. The summed E-state index contributed by atoms with van der Waals surface area (Å²) in [5.74, 6) is 0. The van der Waals surface area contributed by atoms with Crippen LogP contribution in [0.15, 0.2) is 0 Å². The van der Waals surface area contributed by atoms with E-state index >= 15 is 0 Å². The Labute approximate surface area is 132 Å². The Morgan fingerprint density at radius 1 is 0.444 bits per heavy atom. The van der Waals surface area contributed by atoms with Gasteiger partial charge in [-0.2, -0.15) is 0 Å². The molecule has 0 rings (SSSR count).